The van der Waals surface area contributed by atoms with Crippen LogP contribution in [-0.4, -0.2) is 70.8 Å². The third-order valence-electron chi connectivity index (χ3n) is 9.70. The molecule has 3 saturated heterocycles. The summed E-state index contributed by atoms with van der Waals surface area (Å²) >= 11 is 0. The lowest BCUT2D eigenvalue weighted by molar-refractivity contribution is -0.162. The summed E-state index contributed by atoms with van der Waals surface area (Å²) in [5.74, 6) is -2.86. The summed E-state index contributed by atoms with van der Waals surface area (Å²) in [5.41, 5.74) is 0.587. The number of carbonyl (C=O) groups excluding carboxylic acids is 3. The molecule has 0 aliphatic carbocycles. The molecule has 3 aliphatic rings. The van der Waals surface area contributed by atoms with E-state index in [1.54, 1.807) is 15.9 Å². The van der Waals surface area contributed by atoms with Crippen molar-refractivity contribution in [3.05, 3.63) is 54.6 Å². The second kappa shape index (κ2) is 12.7. The second-order valence-electron chi connectivity index (χ2n) is 12.6. The van der Waals surface area contributed by atoms with Crippen LogP contribution >= 0.6 is 0 Å². The van der Waals surface area contributed by atoms with Crippen molar-refractivity contribution in [3.8, 4) is 0 Å². The van der Waals surface area contributed by atoms with Crippen molar-refractivity contribution in [1.82, 2.24) is 4.90 Å². The minimum Gasteiger partial charge on any atom is -0.465 e. The largest absolute Gasteiger partial charge is 0.465 e. The molecule has 2 amide bonds. The average Bonchev–Trinajstić information content (AvgIpc) is 3.57. The first kappa shape index (κ1) is 32.0. The number of hydrogen-bond donors (Lipinski definition) is 1. The van der Waals surface area contributed by atoms with Crippen molar-refractivity contribution >= 4 is 23.5 Å². The number of aliphatic hydroxyl groups is 1. The van der Waals surface area contributed by atoms with Gasteiger partial charge in [-0.05, 0) is 75.5 Å². The molecule has 1 spiro atoms. The van der Waals surface area contributed by atoms with Gasteiger partial charge in [0.25, 0.3) is 5.91 Å². The topological polar surface area (TPSA) is 96.4 Å². The lowest BCUT2D eigenvalue weighted by Gasteiger charge is -2.41. The zero-order chi connectivity index (χ0) is 30.8. The Kier molecular flexibility index (Phi) is 9.68. The summed E-state index contributed by atoms with van der Waals surface area (Å²) in [6.07, 6.45) is 7.46. The van der Waals surface area contributed by atoms with E-state index in [1.807, 2.05) is 58.9 Å². The maximum absolute atomic E-state index is 14.9. The zero-order valence-corrected chi connectivity index (χ0v) is 25.9. The molecule has 8 nitrogen and oxygen atoms in total. The molecule has 8 heteroatoms. The first-order chi connectivity index (χ1) is 20.0. The van der Waals surface area contributed by atoms with E-state index < -0.39 is 41.1 Å². The number of allylic oxidation sites excluding steroid dienone is 1. The predicted octanol–water partition coefficient (Wildman–Crippen LogP) is 4.89. The maximum atomic E-state index is 14.9. The zero-order valence-electron chi connectivity index (χ0n) is 25.9. The lowest BCUT2D eigenvalue weighted by Crippen LogP contribution is -2.60. The van der Waals surface area contributed by atoms with Gasteiger partial charge in [0.1, 0.15) is 17.6 Å². The normalized spacial score (nSPS) is 28.6. The summed E-state index contributed by atoms with van der Waals surface area (Å²) < 4.78 is 12.7. The fraction of sp³-hybridized carbons (Fsp3) is 0.618. The minimum atomic E-state index is -1.20. The van der Waals surface area contributed by atoms with Crippen LogP contribution in [0, 0.1) is 31.6 Å². The Bertz CT molecular complexity index is 1210. The number of amides is 2. The molecule has 0 aromatic heterocycles. The molecule has 1 N–H and O–H groups in total. The van der Waals surface area contributed by atoms with Crippen LogP contribution in [0.3, 0.4) is 0 Å². The summed E-state index contributed by atoms with van der Waals surface area (Å²) in [5, 5.41) is 10.5. The minimum absolute atomic E-state index is 0.134. The summed E-state index contributed by atoms with van der Waals surface area (Å²) in [4.78, 5) is 46.4. The van der Waals surface area contributed by atoms with Gasteiger partial charge in [-0.1, -0.05) is 45.1 Å². The molecule has 3 heterocycles. The van der Waals surface area contributed by atoms with Crippen molar-refractivity contribution in [2.24, 2.45) is 17.8 Å². The molecule has 42 heavy (non-hydrogen) atoms. The van der Waals surface area contributed by atoms with Gasteiger partial charge in [-0.25, -0.2) is 0 Å². The molecule has 2 unspecified atom stereocenters. The number of ether oxygens (including phenoxy) is 2. The van der Waals surface area contributed by atoms with E-state index >= 15 is 0 Å². The molecule has 0 saturated carbocycles. The van der Waals surface area contributed by atoms with Gasteiger partial charge in [0, 0.05) is 12.2 Å². The highest BCUT2D eigenvalue weighted by Gasteiger charge is 2.79. The average molecular weight is 581 g/mol. The van der Waals surface area contributed by atoms with E-state index in [2.05, 4.69) is 13.2 Å². The Morgan fingerprint density at radius 3 is 2.57 bits per heavy atom. The first-order valence-corrected chi connectivity index (χ1v) is 15.4. The van der Waals surface area contributed by atoms with Gasteiger partial charge in [0.05, 0.1) is 30.8 Å². The van der Waals surface area contributed by atoms with Crippen LogP contribution in [0.5, 0.6) is 0 Å². The van der Waals surface area contributed by atoms with E-state index in [0.717, 1.165) is 29.7 Å². The van der Waals surface area contributed by atoms with Gasteiger partial charge >= 0.3 is 5.97 Å². The van der Waals surface area contributed by atoms with Crippen molar-refractivity contribution < 1.29 is 29.0 Å². The number of esters is 1. The summed E-state index contributed by atoms with van der Waals surface area (Å²) in [7, 11) is 0. The molecule has 230 valence electrons. The van der Waals surface area contributed by atoms with E-state index in [4.69, 9.17) is 9.47 Å². The van der Waals surface area contributed by atoms with E-state index in [0.29, 0.717) is 25.7 Å². The van der Waals surface area contributed by atoms with Crippen LogP contribution in [0.15, 0.2) is 43.5 Å². The SMILES string of the molecule is C=CCCCCOC(=O)[C@@H]1[C@H]2C(=O)N([C@@H](CO)C(C)C)C(C(=O)N(CC=C)c3cc(C)ccc3C)C23CC[C@@]1(CC)O3. The van der Waals surface area contributed by atoms with Crippen LogP contribution in [0.2, 0.25) is 0 Å². The van der Waals surface area contributed by atoms with Crippen LogP contribution in [-0.2, 0) is 23.9 Å². The Morgan fingerprint density at radius 2 is 1.95 bits per heavy atom. The van der Waals surface area contributed by atoms with Crippen molar-refractivity contribution in [3.63, 3.8) is 0 Å². The number of hydrogen-bond acceptors (Lipinski definition) is 6. The van der Waals surface area contributed by atoms with Crippen LogP contribution in [0.1, 0.15) is 70.4 Å². The number of nitrogens with zero attached hydrogens (tertiary/aromatic N) is 2. The molecule has 6 atom stereocenters. The van der Waals surface area contributed by atoms with Gasteiger partial charge in [0.15, 0.2) is 0 Å². The van der Waals surface area contributed by atoms with Gasteiger partial charge in [0.2, 0.25) is 5.91 Å². The number of unbranched alkanes of at least 4 members (excludes halogenated alkanes) is 2. The van der Waals surface area contributed by atoms with Gasteiger partial charge in [-0.3, -0.25) is 14.4 Å². The first-order valence-electron chi connectivity index (χ1n) is 15.4. The summed E-state index contributed by atoms with van der Waals surface area (Å²) in [6, 6.07) is 4.31. The highest BCUT2D eigenvalue weighted by Crippen LogP contribution is 2.65. The molecule has 0 radical (unpaired) electrons. The molecule has 2 bridgehead atoms. The van der Waals surface area contributed by atoms with Crippen molar-refractivity contribution in [2.75, 3.05) is 24.7 Å². The number of aryl methyl sites for hydroxylation is 2. The third kappa shape index (κ3) is 5.21. The van der Waals surface area contributed by atoms with E-state index in [1.165, 1.54) is 0 Å². The van der Waals surface area contributed by atoms with Crippen molar-refractivity contribution in [1.29, 1.82) is 0 Å². The predicted molar refractivity (Wildman–Crippen MR) is 163 cm³/mol. The molecule has 1 aromatic rings. The van der Waals surface area contributed by atoms with Crippen LogP contribution in [0.25, 0.3) is 0 Å². The number of benzene rings is 1. The Morgan fingerprint density at radius 1 is 1.21 bits per heavy atom. The van der Waals surface area contributed by atoms with Gasteiger partial charge in [-0.15, -0.1) is 13.2 Å². The van der Waals surface area contributed by atoms with Crippen LogP contribution < -0.4 is 4.90 Å². The fourth-order valence-corrected chi connectivity index (χ4v) is 7.52. The Balaban J connectivity index is 1.81. The smallest absolute Gasteiger partial charge is 0.312 e. The molecular formula is C34H48N2O6. The second-order valence-corrected chi connectivity index (χ2v) is 12.6. The van der Waals surface area contributed by atoms with Gasteiger partial charge in [-0.2, -0.15) is 0 Å². The number of likely N-dealkylation sites (tertiary alicyclic amines) is 1. The standard InChI is InChI=1S/C34H48N2O6/c1-8-11-12-13-19-41-32(40)28-27-30(38)36(26(21-37)22(4)5)29(34(27)17-16-33(28,10-3)42-34)31(39)35(18-9-2)25-20-23(6)14-15-24(25)7/h8-9,14-15,20,22,26-29,37H,1-2,10-13,16-19,21H2,3-7H3/t26-,27-,28-,29?,33+,34?/m0/s1. The molecule has 4 rings (SSSR count). The highest BCUT2D eigenvalue weighted by molar-refractivity contribution is 6.05. The molecule has 3 aliphatic heterocycles. The molecule has 3 fully saturated rings. The number of aliphatic hydroxyl groups excluding tert-OH is 1. The van der Waals surface area contributed by atoms with Crippen molar-refractivity contribution in [2.45, 2.75) is 96.4 Å². The van der Waals surface area contributed by atoms with E-state index in [-0.39, 0.29) is 37.5 Å². The lowest BCUT2D eigenvalue weighted by atomic mass is 9.65. The number of anilines is 1. The highest BCUT2D eigenvalue weighted by atomic mass is 16.6. The summed E-state index contributed by atoms with van der Waals surface area (Å²) in [6.45, 7) is 17.6. The Hall–Kier alpha value is -2.97. The molecule has 1 aromatic carbocycles. The molecular weight excluding hydrogens is 532 g/mol. The number of rotatable bonds is 14. The fourth-order valence-electron chi connectivity index (χ4n) is 7.52. The maximum Gasteiger partial charge on any atom is 0.312 e. The number of carbonyl (C=O) groups is 3. The Labute approximate surface area is 250 Å². The van der Waals surface area contributed by atoms with E-state index in [9.17, 15) is 19.5 Å². The van der Waals surface area contributed by atoms with Crippen LogP contribution in [0.4, 0.5) is 5.69 Å². The quantitative estimate of drug-likeness (QED) is 0.191. The number of fused-ring (bicyclic) bond motifs is 1. The third-order valence-corrected chi connectivity index (χ3v) is 9.70. The van der Waals surface area contributed by atoms with Gasteiger partial charge < -0.3 is 24.4 Å². The monoisotopic (exact) mass is 580 g/mol.